The molecule has 1 atom stereocenters. The highest BCUT2D eigenvalue weighted by Gasteiger charge is 2.31. The summed E-state index contributed by atoms with van der Waals surface area (Å²) >= 11 is 2.97. The van der Waals surface area contributed by atoms with E-state index in [9.17, 15) is 22.8 Å². The zero-order chi connectivity index (χ0) is 16.2. The second-order valence-electron chi connectivity index (χ2n) is 4.16. The second kappa shape index (κ2) is 6.75. The monoisotopic (exact) mass is 365 g/mol. The summed E-state index contributed by atoms with van der Waals surface area (Å²) in [5, 5.41) is 11.1. The number of carboxylic acids is 1. The van der Waals surface area contributed by atoms with Gasteiger partial charge in [-0.3, -0.25) is 4.79 Å². The molecule has 0 bridgehead atoms. The van der Waals surface area contributed by atoms with Crippen LogP contribution in [0.25, 0.3) is 0 Å². The summed E-state index contributed by atoms with van der Waals surface area (Å²) < 4.78 is 38.0. The summed E-state index contributed by atoms with van der Waals surface area (Å²) in [4.78, 5) is 22.8. The van der Waals surface area contributed by atoms with Crippen LogP contribution >= 0.6 is 15.9 Å². The Morgan fingerprint density at radius 1 is 1.38 bits per heavy atom. The Kier molecular flexibility index (Phi) is 5.54. The maximum Gasteiger partial charge on any atom is 0.416 e. The molecule has 0 aliphatic carbocycles. The number of hydrogen-bond acceptors (Lipinski definition) is 2. The van der Waals surface area contributed by atoms with E-state index in [0.29, 0.717) is 10.5 Å². The average Bonchev–Trinajstić information content (AvgIpc) is 2.36. The highest BCUT2D eigenvalue weighted by atomic mass is 79.9. The second-order valence-corrected chi connectivity index (χ2v) is 5.29. The number of amides is 1. The fraction of sp³-hybridized carbons (Fsp3) is 0.231. The van der Waals surface area contributed by atoms with Crippen LogP contribution in [0.3, 0.4) is 0 Å². The molecule has 1 aromatic rings. The van der Waals surface area contributed by atoms with Gasteiger partial charge in [0.1, 0.15) is 6.04 Å². The molecule has 0 radical (unpaired) electrons. The molecule has 0 unspecified atom stereocenters. The molecule has 0 aliphatic rings. The van der Waals surface area contributed by atoms with Crippen LogP contribution < -0.4 is 5.32 Å². The lowest BCUT2D eigenvalue weighted by atomic mass is 10.1. The van der Waals surface area contributed by atoms with Gasteiger partial charge < -0.3 is 10.4 Å². The third-order valence-electron chi connectivity index (χ3n) is 2.48. The number of nitrogens with one attached hydrogen (secondary N) is 1. The lowest BCUT2D eigenvalue weighted by Crippen LogP contribution is -2.40. The molecule has 2 N–H and O–H groups in total. The quantitative estimate of drug-likeness (QED) is 0.841. The van der Waals surface area contributed by atoms with Crippen molar-refractivity contribution < 1.29 is 27.9 Å². The zero-order valence-corrected chi connectivity index (χ0v) is 12.2. The van der Waals surface area contributed by atoms with Crippen molar-refractivity contribution in [2.75, 3.05) is 0 Å². The van der Waals surface area contributed by atoms with E-state index in [4.69, 9.17) is 5.11 Å². The van der Waals surface area contributed by atoms with E-state index in [2.05, 4.69) is 27.8 Å². The zero-order valence-electron chi connectivity index (χ0n) is 10.6. The number of carbonyl (C=O) groups excluding carboxylic acids is 1. The molecular weight excluding hydrogens is 355 g/mol. The average molecular weight is 366 g/mol. The van der Waals surface area contributed by atoms with Gasteiger partial charge in [0, 0.05) is 12.0 Å². The summed E-state index contributed by atoms with van der Waals surface area (Å²) in [6.07, 6.45) is -4.66. The Morgan fingerprint density at radius 3 is 2.48 bits per heavy atom. The topological polar surface area (TPSA) is 66.4 Å². The minimum atomic E-state index is -4.58. The van der Waals surface area contributed by atoms with E-state index in [1.54, 1.807) is 0 Å². The summed E-state index contributed by atoms with van der Waals surface area (Å²) in [6.45, 7) is 3.46. The molecule has 4 nitrogen and oxygen atoms in total. The van der Waals surface area contributed by atoms with Gasteiger partial charge in [-0.2, -0.15) is 13.2 Å². The molecule has 8 heteroatoms. The van der Waals surface area contributed by atoms with Crippen LogP contribution in [-0.4, -0.2) is 23.0 Å². The van der Waals surface area contributed by atoms with Crippen molar-refractivity contribution in [3.8, 4) is 0 Å². The van der Waals surface area contributed by atoms with Crippen LogP contribution in [0.15, 0.2) is 35.3 Å². The first-order valence-electron chi connectivity index (χ1n) is 5.65. The molecule has 0 fully saturated rings. The first kappa shape index (κ1) is 17.2. The lowest BCUT2D eigenvalue weighted by molar-refractivity contribution is -0.139. The Hall–Kier alpha value is -1.83. The van der Waals surface area contributed by atoms with Gasteiger partial charge >= 0.3 is 12.1 Å². The van der Waals surface area contributed by atoms with Crippen LogP contribution in [0.5, 0.6) is 0 Å². The van der Waals surface area contributed by atoms with Crippen LogP contribution in [0.4, 0.5) is 13.2 Å². The summed E-state index contributed by atoms with van der Waals surface area (Å²) in [7, 11) is 0. The van der Waals surface area contributed by atoms with Crippen molar-refractivity contribution in [1.29, 1.82) is 0 Å². The van der Waals surface area contributed by atoms with Crippen LogP contribution in [0, 0.1) is 0 Å². The first-order valence-corrected chi connectivity index (χ1v) is 6.44. The molecule has 21 heavy (non-hydrogen) atoms. The maximum atomic E-state index is 12.6. The molecule has 114 valence electrons. The van der Waals surface area contributed by atoms with Crippen molar-refractivity contribution in [2.24, 2.45) is 0 Å². The van der Waals surface area contributed by atoms with Gasteiger partial charge in [0.05, 0.1) is 5.56 Å². The Labute approximate surface area is 126 Å². The standard InChI is InChI=1S/C13H11BrF3NO3/c1-7(14)5-10(12(20)21)18-11(19)8-3-2-4-9(6-8)13(15,16)17/h2-4,6,10H,1,5H2,(H,18,19)(H,20,21)/t10-/m0/s1. The van der Waals surface area contributed by atoms with E-state index in [1.807, 2.05) is 0 Å². The highest BCUT2D eigenvalue weighted by molar-refractivity contribution is 9.11. The SMILES string of the molecule is C=C(Br)C[C@H](NC(=O)c1cccc(C(F)(F)F)c1)C(=O)O. The van der Waals surface area contributed by atoms with Crippen molar-refractivity contribution in [3.05, 3.63) is 46.5 Å². The predicted octanol–water partition coefficient (Wildman–Crippen LogP) is 3.19. The van der Waals surface area contributed by atoms with Crippen LogP contribution in [0.2, 0.25) is 0 Å². The van der Waals surface area contributed by atoms with Crippen molar-refractivity contribution in [1.82, 2.24) is 5.32 Å². The smallest absolute Gasteiger partial charge is 0.416 e. The van der Waals surface area contributed by atoms with Crippen molar-refractivity contribution in [2.45, 2.75) is 18.6 Å². The molecule has 0 aromatic heterocycles. The van der Waals surface area contributed by atoms with E-state index in [-0.39, 0.29) is 12.0 Å². The molecule has 0 saturated carbocycles. The number of carboxylic acid groups (broad SMARTS) is 1. The summed E-state index contributed by atoms with van der Waals surface area (Å²) in [5.41, 5.74) is -1.25. The summed E-state index contributed by atoms with van der Waals surface area (Å²) in [5.74, 6) is -2.21. The minimum absolute atomic E-state index is 0.0833. The Bertz CT molecular complexity index is 572. The molecule has 1 rings (SSSR count). The van der Waals surface area contributed by atoms with E-state index >= 15 is 0 Å². The predicted molar refractivity (Wildman–Crippen MR) is 73.0 cm³/mol. The molecule has 0 saturated heterocycles. The van der Waals surface area contributed by atoms with Gasteiger partial charge in [0.25, 0.3) is 5.91 Å². The molecular formula is C13H11BrF3NO3. The molecule has 0 aliphatic heterocycles. The van der Waals surface area contributed by atoms with Crippen LogP contribution in [-0.2, 0) is 11.0 Å². The minimum Gasteiger partial charge on any atom is -0.480 e. The highest BCUT2D eigenvalue weighted by Crippen LogP contribution is 2.29. The number of benzene rings is 1. The van der Waals surface area contributed by atoms with Crippen LogP contribution in [0.1, 0.15) is 22.3 Å². The van der Waals surface area contributed by atoms with E-state index < -0.39 is 29.7 Å². The van der Waals surface area contributed by atoms with Gasteiger partial charge in [-0.05, 0) is 22.7 Å². The first-order chi connectivity index (χ1) is 9.61. The third kappa shape index (κ3) is 5.22. The Morgan fingerprint density at radius 2 is 2.00 bits per heavy atom. The lowest BCUT2D eigenvalue weighted by Gasteiger charge is -2.14. The Balaban J connectivity index is 2.93. The maximum absolute atomic E-state index is 12.6. The van der Waals surface area contributed by atoms with Crippen molar-refractivity contribution in [3.63, 3.8) is 0 Å². The number of carbonyl (C=O) groups is 2. The number of rotatable bonds is 5. The number of hydrogen-bond donors (Lipinski definition) is 2. The van der Waals surface area contributed by atoms with Crippen molar-refractivity contribution >= 4 is 27.8 Å². The van der Waals surface area contributed by atoms with Gasteiger partial charge in [-0.1, -0.05) is 28.6 Å². The fourth-order valence-electron chi connectivity index (χ4n) is 1.50. The van der Waals surface area contributed by atoms with Gasteiger partial charge in [0.15, 0.2) is 0 Å². The normalized spacial score (nSPS) is 12.6. The third-order valence-corrected chi connectivity index (χ3v) is 2.80. The van der Waals surface area contributed by atoms with Gasteiger partial charge in [-0.15, -0.1) is 0 Å². The summed E-state index contributed by atoms with van der Waals surface area (Å²) in [6, 6.07) is 2.46. The van der Waals surface area contributed by atoms with Gasteiger partial charge in [0.2, 0.25) is 0 Å². The molecule has 1 amide bonds. The number of halogens is 4. The number of aliphatic carboxylic acids is 1. The van der Waals surface area contributed by atoms with E-state index in [1.165, 1.54) is 6.07 Å². The van der Waals surface area contributed by atoms with Gasteiger partial charge in [-0.25, -0.2) is 4.79 Å². The largest absolute Gasteiger partial charge is 0.480 e. The fourth-order valence-corrected chi connectivity index (χ4v) is 1.82. The molecule has 1 aromatic carbocycles. The molecule has 0 heterocycles. The van der Waals surface area contributed by atoms with E-state index in [0.717, 1.165) is 12.1 Å². The molecule has 0 spiro atoms. The number of alkyl halides is 3.